The number of aliphatic hydroxyl groups excluding tert-OH is 1. The number of thiophene rings is 1. The number of benzene rings is 1. The Bertz CT molecular complexity index is 619. The lowest BCUT2D eigenvalue weighted by molar-refractivity contribution is -0.188. The summed E-state index contributed by atoms with van der Waals surface area (Å²) in [5, 5.41) is 13.6. The minimum atomic E-state index is -4.15. The van der Waals surface area contributed by atoms with Gasteiger partial charge in [-0.2, -0.15) is 13.2 Å². The highest BCUT2D eigenvalue weighted by Gasteiger charge is 2.43. The lowest BCUT2D eigenvalue weighted by atomic mass is 9.77. The topological polar surface area (TPSA) is 20.2 Å². The van der Waals surface area contributed by atoms with Gasteiger partial charge in [0, 0.05) is 4.70 Å². The largest absolute Gasteiger partial charge is 0.391 e. The van der Waals surface area contributed by atoms with E-state index >= 15 is 0 Å². The van der Waals surface area contributed by atoms with E-state index in [1.54, 1.807) is 0 Å². The molecule has 0 aliphatic heterocycles. The van der Waals surface area contributed by atoms with Gasteiger partial charge in [-0.25, -0.2) is 0 Å². The maximum Gasteiger partial charge on any atom is 0.391 e. The number of aliphatic hydroxyl groups is 1. The molecule has 5 heteroatoms. The van der Waals surface area contributed by atoms with Crippen molar-refractivity contribution >= 4 is 21.4 Å². The number of alkyl halides is 3. The quantitative estimate of drug-likeness (QED) is 0.797. The van der Waals surface area contributed by atoms with Crippen LogP contribution in [0.1, 0.15) is 37.4 Å². The van der Waals surface area contributed by atoms with Gasteiger partial charge in [0.1, 0.15) is 0 Å². The molecule has 1 N–H and O–H groups in total. The molecule has 1 aliphatic carbocycles. The monoisotopic (exact) mass is 314 g/mol. The maximum atomic E-state index is 12.9. The second kappa shape index (κ2) is 5.61. The van der Waals surface area contributed by atoms with E-state index in [4.69, 9.17) is 0 Å². The predicted molar refractivity (Wildman–Crippen MR) is 78.3 cm³/mol. The maximum absolute atomic E-state index is 12.9. The van der Waals surface area contributed by atoms with Crippen molar-refractivity contribution in [3.63, 3.8) is 0 Å². The van der Waals surface area contributed by atoms with Gasteiger partial charge in [-0.05, 0) is 47.6 Å². The highest BCUT2D eigenvalue weighted by atomic mass is 32.1. The Morgan fingerprint density at radius 2 is 2.00 bits per heavy atom. The van der Waals surface area contributed by atoms with Crippen molar-refractivity contribution in [3.05, 3.63) is 35.2 Å². The summed E-state index contributed by atoms with van der Waals surface area (Å²) in [5.74, 6) is -1.58. The van der Waals surface area contributed by atoms with Crippen LogP contribution in [0, 0.1) is 11.8 Å². The van der Waals surface area contributed by atoms with Crippen molar-refractivity contribution in [2.45, 2.75) is 38.0 Å². The van der Waals surface area contributed by atoms with Crippen LogP contribution >= 0.6 is 11.3 Å². The van der Waals surface area contributed by atoms with Crippen molar-refractivity contribution < 1.29 is 18.3 Å². The molecule has 0 amide bonds. The van der Waals surface area contributed by atoms with Crippen LogP contribution in [0.2, 0.25) is 0 Å². The van der Waals surface area contributed by atoms with E-state index in [1.807, 2.05) is 29.6 Å². The van der Waals surface area contributed by atoms with Crippen LogP contribution in [0.4, 0.5) is 13.2 Å². The Morgan fingerprint density at radius 3 is 2.76 bits per heavy atom. The fourth-order valence-corrected chi connectivity index (χ4v) is 4.26. The molecule has 1 aromatic heterocycles. The molecule has 1 aromatic carbocycles. The minimum Gasteiger partial charge on any atom is -0.388 e. The summed E-state index contributed by atoms with van der Waals surface area (Å²) in [6, 6.07) is 7.62. The third-order valence-electron chi connectivity index (χ3n) is 4.45. The van der Waals surface area contributed by atoms with Crippen molar-refractivity contribution in [2.75, 3.05) is 0 Å². The van der Waals surface area contributed by atoms with E-state index in [0.717, 1.165) is 15.6 Å². The SMILES string of the molecule is OC(c1cccc2ccsc12)C1CCCC(C(F)(F)F)C1. The second-order valence-electron chi connectivity index (χ2n) is 5.80. The van der Waals surface area contributed by atoms with E-state index in [2.05, 4.69) is 0 Å². The molecule has 1 saturated carbocycles. The Hall–Kier alpha value is -1.07. The van der Waals surface area contributed by atoms with Crippen LogP contribution in [0.5, 0.6) is 0 Å². The summed E-state index contributed by atoms with van der Waals surface area (Å²) in [7, 11) is 0. The third kappa shape index (κ3) is 2.94. The molecule has 3 rings (SSSR count). The number of hydrogen-bond acceptors (Lipinski definition) is 2. The van der Waals surface area contributed by atoms with E-state index in [-0.39, 0.29) is 18.8 Å². The third-order valence-corrected chi connectivity index (χ3v) is 5.43. The zero-order valence-corrected chi connectivity index (χ0v) is 12.3. The van der Waals surface area contributed by atoms with Crippen LogP contribution in [0.15, 0.2) is 29.6 Å². The minimum absolute atomic E-state index is 0.0342. The molecule has 114 valence electrons. The first kappa shape index (κ1) is 14.9. The lowest BCUT2D eigenvalue weighted by Crippen LogP contribution is -2.31. The fourth-order valence-electron chi connectivity index (χ4n) is 3.31. The molecule has 2 aromatic rings. The van der Waals surface area contributed by atoms with Crippen LogP contribution in [0.3, 0.4) is 0 Å². The first-order chi connectivity index (χ1) is 9.97. The zero-order chi connectivity index (χ0) is 15.0. The fraction of sp³-hybridized carbons (Fsp3) is 0.500. The first-order valence-electron chi connectivity index (χ1n) is 7.17. The van der Waals surface area contributed by atoms with Crippen LogP contribution in [0.25, 0.3) is 10.1 Å². The van der Waals surface area contributed by atoms with Gasteiger partial charge >= 0.3 is 6.18 Å². The summed E-state index contributed by atoms with van der Waals surface area (Å²) in [6.07, 6.45) is -3.53. The van der Waals surface area contributed by atoms with Gasteiger partial charge in [-0.15, -0.1) is 11.3 Å². The smallest absolute Gasteiger partial charge is 0.388 e. The first-order valence-corrected chi connectivity index (χ1v) is 8.05. The van der Waals surface area contributed by atoms with Gasteiger partial charge in [0.05, 0.1) is 12.0 Å². The predicted octanol–water partition coefficient (Wildman–Crippen LogP) is 5.30. The van der Waals surface area contributed by atoms with Gasteiger partial charge in [-0.1, -0.05) is 24.6 Å². The Balaban J connectivity index is 1.84. The average Bonchev–Trinajstić information content (AvgIpc) is 2.94. The van der Waals surface area contributed by atoms with Crippen molar-refractivity contribution in [3.8, 4) is 0 Å². The van der Waals surface area contributed by atoms with E-state index in [9.17, 15) is 18.3 Å². The number of rotatable bonds is 2. The van der Waals surface area contributed by atoms with Gasteiger partial charge in [0.15, 0.2) is 0 Å². The van der Waals surface area contributed by atoms with Gasteiger partial charge in [0.25, 0.3) is 0 Å². The normalized spacial score (nSPS) is 25.1. The summed E-state index contributed by atoms with van der Waals surface area (Å²) >= 11 is 1.53. The molecule has 1 nitrogen and oxygen atoms in total. The van der Waals surface area contributed by atoms with E-state index in [0.29, 0.717) is 12.8 Å². The number of hydrogen-bond donors (Lipinski definition) is 1. The van der Waals surface area contributed by atoms with Crippen LogP contribution in [-0.4, -0.2) is 11.3 Å². The molecule has 1 aliphatic rings. The zero-order valence-electron chi connectivity index (χ0n) is 11.4. The standard InChI is InChI=1S/C16H17F3OS/c17-16(18,19)12-5-1-4-11(9-12)14(20)13-6-2-3-10-7-8-21-15(10)13/h2-3,6-8,11-12,14,20H,1,4-5,9H2. The molecular weight excluding hydrogens is 297 g/mol. The molecule has 0 radical (unpaired) electrons. The van der Waals surface area contributed by atoms with Gasteiger partial charge in [-0.3, -0.25) is 0 Å². The van der Waals surface area contributed by atoms with E-state index < -0.39 is 18.2 Å². The molecular formula is C16H17F3OS. The average molecular weight is 314 g/mol. The van der Waals surface area contributed by atoms with Crippen molar-refractivity contribution in [2.24, 2.45) is 11.8 Å². The summed E-state index contributed by atoms with van der Waals surface area (Å²) in [4.78, 5) is 0. The molecule has 0 bridgehead atoms. The molecule has 21 heavy (non-hydrogen) atoms. The Morgan fingerprint density at radius 1 is 1.19 bits per heavy atom. The second-order valence-corrected chi connectivity index (χ2v) is 6.71. The molecule has 0 spiro atoms. The van der Waals surface area contributed by atoms with Crippen molar-refractivity contribution in [1.82, 2.24) is 0 Å². The number of fused-ring (bicyclic) bond motifs is 1. The van der Waals surface area contributed by atoms with Crippen molar-refractivity contribution in [1.29, 1.82) is 0 Å². The highest BCUT2D eigenvalue weighted by molar-refractivity contribution is 7.17. The molecule has 1 heterocycles. The van der Waals surface area contributed by atoms with E-state index in [1.165, 1.54) is 11.3 Å². The molecule has 1 fully saturated rings. The summed E-state index contributed by atoms with van der Waals surface area (Å²) in [5.41, 5.74) is 0.773. The highest BCUT2D eigenvalue weighted by Crippen LogP contribution is 2.45. The van der Waals surface area contributed by atoms with Crippen LogP contribution < -0.4 is 0 Å². The lowest BCUT2D eigenvalue weighted by Gasteiger charge is -2.33. The van der Waals surface area contributed by atoms with Gasteiger partial charge in [0.2, 0.25) is 0 Å². The molecule has 0 saturated heterocycles. The Kier molecular flexibility index (Phi) is 3.97. The molecule has 3 unspecified atom stereocenters. The molecule has 3 atom stereocenters. The summed E-state index contributed by atoms with van der Waals surface area (Å²) < 4.78 is 39.7. The van der Waals surface area contributed by atoms with Crippen LogP contribution in [-0.2, 0) is 0 Å². The number of halogens is 3. The van der Waals surface area contributed by atoms with Gasteiger partial charge < -0.3 is 5.11 Å². The Labute approximate surface area is 125 Å². The summed E-state index contributed by atoms with van der Waals surface area (Å²) in [6.45, 7) is 0.